The first-order valence-corrected chi connectivity index (χ1v) is 7.86. The number of hydrogen-bond acceptors (Lipinski definition) is 6. The molecule has 1 atom stereocenters. The zero-order valence-corrected chi connectivity index (χ0v) is 15.6. The predicted octanol–water partition coefficient (Wildman–Crippen LogP) is 2.15. The number of nitrogens with one attached hydrogen (secondary N) is 1. The highest BCUT2D eigenvalue weighted by Crippen LogP contribution is 2.38. The summed E-state index contributed by atoms with van der Waals surface area (Å²) in [6.07, 6.45) is 4.63. The van der Waals surface area contributed by atoms with Gasteiger partial charge in [0.25, 0.3) is 0 Å². The van der Waals surface area contributed by atoms with Crippen LogP contribution in [0.25, 0.3) is 11.5 Å². The minimum absolute atomic E-state index is 0. The molecule has 1 aliphatic rings. The minimum atomic E-state index is -0.301. The third kappa shape index (κ3) is 5.39. The number of pyridine rings is 1. The van der Waals surface area contributed by atoms with E-state index in [9.17, 15) is 4.79 Å². The second kappa shape index (κ2) is 9.12. The molecule has 0 saturated heterocycles. The second-order valence-electron chi connectivity index (χ2n) is 6.17. The summed E-state index contributed by atoms with van der Waals surface area (Å²) >= 11 is 0. The molecule has 0 radical (unpaired) electrons. The third-order valence-corrected chi connectivity index (χ3v) is 4.26. The monoisotopic (exact) mass is 387 g/mol. The largest absolute Gasteiger partial charge is 0.349 e. The van der Waals surface area contributed by atoms with Crippen molar-refractivity contribution in [3.8, 4) is 11.5 Å². The van der Waals surface area contributed by atoms with Gasteiger partial charge in [0.2, 0.25) is 17.6 Å². The Balaban J connectivity index is 0.00000156. The molecule has 0 spiro atoms. The molecule has 2 aromatic heterocycles. The van der Waals surface area contributed by atoms with Crippen LogP contribution in [0, 0.1) is 5.92 Å². The number of nitrogens with zero attached hydrogens (tertiary/aromatic N) is 3. The topological polar surface area (TPSA) is 107 Å². The molecule has 1 aliphatic carbocycles. The lowest BCUT2D eigenvalue weighted by atomic mass is 9.95. The summed E-state index contributed by atoms with van der Waals surface area (Å²) in [5.74, 6) is 1.32. The van der Waals surface area contributed by atoms with Crippen molar-refractivity contribution in [2.24, 2.45) is 11.7 Å². The molecule has 138 valence electrons. The Kier molecular flexibility index (Phi) is 7.79. The van der Waals surface area contributed by atoms with Gasteiger partial charge >= 0.3 is 0 Å². The molecule has 1 amide bonds. The van der Waals surface area contributed by atoms with Gasteiger partial charge in [0, 0.05) is 25.6 Å². The first-order chi connectivity index (χ1) is 11.1. The molecular weight excluding hydrogens is 365 g/mol. The number of aryl methyl sites for hydroxylation is 1. The van der Waals surface area contributed by atoms with Gasteiger partial charge in [-0.15, -0.1) is 24.8 Å². The van der Waals surface area contributed by atoms with Gasteiger partial charge in [-0.1, -0.05) is 11.2 Å². The maximum absolute atomic E-state index is 12.1. The van der Waals surface area contributed by atoms with Crippen LogP contribution in [-0.4, -0.2) is 33.1 Å². The van der Waals surface area contributed by atoms with Crippen LogP contribution in [0.5, 0.6) is 0 Å². The van der Waals surface area contributed by atoms with Gasteiger partial charge in [-0.2, -0.15) is 4.98 Å². The van der Waals surface area contributed by atoms with E-state index in [2.05, 4.69) is 20.4 Å². The molecule has 2 heterocycles. The quantitative estimate of drug-likeness (QED) is 0.753. The highest BCUT2D eigenvalue weighted by atomic mass is 35.5. The number of nitrogens with two attached hydrogens (primary N) is 1. The summed E-state index contributed by atoms with van der Waals surface area (Å²) in [5.41, 5.74) is 6.16. The number of carbonyl (C=O) groups excluding carboxylic acids is 1. The van der Waals surface area contributed by atoms with Crippen LogP contribution in [0.3, 0.4) is 0 Å². The Morgan fingerprint density at radius 1 is 1.40 bits per heavy atom. The maximum atomic E-state index is 12.1. The summed E-state index contributed by atoms with van der Waals surface area (Å²) in [6.45, 7) is 2.46. The summed E-state index contributed by atoms with van der Waals surface area (Å²) in [4.78, 5) is 20.6. The Hall–Kier alpha value is -1.70. The lowest BCUT2D eigenvalue weighted by Gasteiger charge is -2.29. The van der Waals surface area contributed by atoms with E-state index in [-0.39, 0.29) is 36.3 Å². The van der Waals surface area contributed by atoms with Gasteiger partial charge in [0.15, 0.2) is 0 Å². The lowest BCUT2D eigenvalue weighted by molar-refractivity contribution is -0.123. The van der Waals surface area contributed by atoms with E-state index >= 15 is 0 Å². The van der Waals surface area contributed by atoms with Gasteiger partial charge in [-0.3, -0.25) is 9.78 Å². The molecule has 1 unspecified atom stereocenters. The Morgan fingerprint density at radius 2 is 2.16 bits per heavy atom. The molecule has 0 bridgehead atoms. The normalized spacial score (nSPS) is 15.4. The molecule has 3 N–H and O–H groups in total. The maximum Gasteiger partial charge on any atom is 0.227 e. The molecule has 0 aliphatic heterocycles. The Morgan fingerprint density at radius 3 is 2.76 bits per heavy atom. The molecule has 2 aromatic rings. The smallest absolute Gasteiger partial charge is 0.227 e. The minimum Gasteiger partial charge on any atom is -0.349 e. The van der Waals surface area contributed by atoms with Crippen LogP contribution in [0.4, 0.5) is 0 Å². The zero-order valence-electron chi connectivity index (χ0n) is 14.0. The predicted molar refractivity (Wildman–Crippen MR) is 98.7 cm³/mol. The van der Waals surface area contributed by atoms with E-state index in [4.69, 9.17) is 10.3 Å². The van der Waals surface area contributed by atoms with Crippen LogP contribution >= 0.6 is 24.8 Å². The van der Waals surface area contributed by atoms with Crippen molar-refractivity contribution in [2.45, 2.75) is 38.1 Å². The fourth-order valence-electron chi connectivity index (χ4n) is 2.60. The van der Waals surface area contributed by atoms with E-state index < -0.39 is 0 Å². The van der Waals surface area contributed by atoms with Crippen LogP contribution in [0.15, 0.2) is 28.9 Å². The van der Waals surface area contributed by atoms with E-state index in [1.807, 2.05) is 25.1 Å². The number of hydrogen-bond donors (Lipinski definition) is 2. The number of rotatable bonds is 7. The zero-order chi connectivity index (χ0) is 16.3. The standard InChI is InChI=1S/C16H21N5O2.2ClH/c1-16(10-17,11-5-6-11)20-13(22)7-8-14-19-15(21-23-14)12-4-2-3-9-18-12;;/h2-4,9,11H,5-8,10,17H2,1H3,(H,20,22);2*1H. The van der Waals surface area contributed by atoms with E-state index in [1.165, 1.54) is 0 Å². The molecule has 3 rings (SSSR count). The lowest BCUT2D eigenvalue weighted by Crippen LogP contribution is -2.53. The first-order valence-electron chi connectivity index (χ1n) is 7.86. The van der Waals surface area contributed by atoms with Crippen LogP contribution < -0.4 is 11.1 Å². The highest BCUT2D eigenvalue weighted by molar-refractivity contribution is 5.85. The van der Waals surface area contributed by atoms with Crippen molar-refractivity contribution >= 4 is 30.7 Å². The van der Waals surface area contributed by atoms with Crippen molar-refractivity contribution in [1.29, 1.82) is 0 Å². The van der Waals surface area contributed by atoms with Crippen molar-refractivity contribution in [3.05, 3.63) is 30.3 Å². The molecule has 1 fully saturated rings. The summed E-state index contributed by atoms with van der Waals surface area (Å²) in [6, 6.07) is 5.49. The Bertz CT molecular complexity index is 678. The average Bonchev–Trinajstić information content (AvgIpc) is 3.33. The SMILES string of the molecule is CC(CN)(NC(=O)CCc1nc(-c2ccccn2)no1)C1CC1.Cl.Cl. The van der Waals surface area contributed by atoms with Crippen LogP contribution in [0.1, 0.15) is 32.1 Å². The van der Waals surface area contributed by atoms with E-state index in [0.29, 0.717) is 42.7 Å². The van der Waals surface area contributed by atoms with Crippen molar-refractivity contribution in [3.63, 3.8) is 0 Å². The number of carbonyl (C=O) groups is 1. The van der Waals surface area contributed by atoms with E-state index in [1.54, 1.807) is 6.20 Å². The van der Waals surface area contributed by atoms with Gasteiger partial charge in [-0.05, 0) is 37.8 Å². The molecule has 0 aromatic carbocycles. The molecule has 7 nitrogen and oxygen atoms in total. The Labute approximate surface area is 159 Å². The summed E-state index contributed by atoms with van der Waals surface area (Å²) in [7, 11) is 0. The fraction of sp³-hybridized carbons (Fsp3) is 0.500. The van der Waals surface area contributed by atoms with Crippen LogP contribution in [-0.2, 0) is 11.2 Å². The van der Waals surface area contributed by atoms with Gasteiger partial charge in [-0.25, -0.2) is 0 Å². The van der Waals surface area contributed by atoms with Crippen LogP contribution in [0.2, 0.25) is 0 Å². The highest BCUT2D eigenvalue weighted by Gasteiger charge is 2.41. The summed E-state index contributed by atoms with van der Waals surface area (Å²) in [5, 5.41) is 6.94. The number of aromatic nitrogens is 3. The molecular formula is C16H23Cl2N5O2. The van der Waals surface area contributed by atoms with Gasteiger partial charge < -0.3 is 15.6 Å². The second-order valence-corrected chi connectivity index (χ2v) is 6.17. The third-order valence-electron chi connectivity index (χ3n) is 4.26. The van der Waals surface area contributed by atoms with Gasteiger partial charge in [0.1, 0.15) is 5.69 Å². The fourth-order valence-corrected chi connectivity index (χ4v) is 2.60. The first kappa shape index (κ1) is 21.3. The number of amides is 1. The van der Waals surface area contributed by atoms with Gasteiger partial charge in [0.05, 0.1) is 5.54 Å². The molecule has 1 saturated carbocycles. The van der Waals surface area contributed by atoms with Crippen molar-refractivity contribution in [2.75, 3.05) is 6.54 Å². The van der Waals surface area contributed by atoms with Crippen molar-refractivity contribution < 1.29 is 9.32 Å². The summed E-state index contributed by atoms with van der Waals surface area (Å²) < 4.78 is 5.18. The average molecular weight is 388 g/mol. The number of halogens is 2. The molecule has 9 heteroatoms. The van der Waals surface area contributed by atoms with E-state index in [0.717, 1.165) is 12.8 Å². The molecule has 25 heavy (non-hydrogen) atoms. The van der Waals surface area contributed by atoms with Crippen molar-refractivity contribution in [1.82, 2.24) is 20.4 Å².